The summed E-state index contributed by atoms with van der Waals surface area (Å²) in [5, 5.41) is 3.03. The standard InChI is InChI=1S/C18H20N4O2.HI/c19-18(21-14-7-2-1-3-8-14)20-11-6-12-22-15-9-4-5-10-16(15)24-13-17(22)23;/h1-5,7-10H,6,11-13H2,(H3,19,20,21);1H. The summed E-state index contributed by atoms with van der Waals surface area (Å²) in [4.78, 5) is 18.1. The smallest absolute Gasteiger partial charge is 0.265 e. The maximum absolute atomic E-state index is 12.1. The van der Waals surface area contributed by atoms with Crippen molar-refractivity contribution < 1.29 is 9.53 Å². The Morgan fingerprint density at radius 2 is 1.88 bits per heavy atom. The van der Waals surface area contributed by atoms with Crippen LogP contribution in [0, 0.1) is 0 Å². The molecule has 3 N–H and O–H groups in total. The number of halogens is 1. The number of carbonyl (C=O) groups excluding carboxylic acids is 1. The summed E-state index contributed by atoms with van der Waals surface area (Å²) < 4.78 is 5.43. The summed E-state index contributed by atoms with van der Waals surface area (Å²) in [6, 6.07) is 17.2. The molecule has 0 aliphatic carbocycles. The molecule has 132 valence electrons. The summed E-state index contributed by atoms with van der Waals surface area (Å²) in [7, 11) is 0. The van der Waals surface area contributed by atoms with E-state index in [1.165, 1.54) is 0 Å². The van der Waals surface area contributed by atoms with Crippen molar-refractivity contribution in [3.63, 3.8) is 0 Å². The van der Waals surface area contributed by atoms with E-state index in [0.717, 1.165) is 23.5 Å². The Labute approximate surface area is 164 Å². The molecular weight excluding hydrogens is 431 g/mol. The Morgan fingerprint density at radius 3 is 2.68 bits per heavy atom. The fourth-order valence-corrected chi connectivity index (χ4v) is 2.54. The molecule has 25 heavy (non-hydrogen) atoms. The van der Waals surface area contributed by atoms with Crippen molar-refractivity contribution in [2.75, 3.05) is 29.9 Å². The van der Waals surface area contributed by atoms with Gasteiger partial charge in [0.2, 0.25) is 0 Å². The second-order valence-corrected chi connectivity index (χ2v) is 5.41. The van der Waals surface area contributed by atoms with Crippen LogP contribution in [0.1, 0.15) is 6.42 Å². The third-order valence-electron chi connectivity index (χ3n) is 3.68. The van der Waals surface area contributed by atoms with E-state index >= 15 is 0 Å². The first-order valence-corrected chi connectivity index (χ1v) is 7.88. The first-order chi connectivity index (χ1) is 11.7. The number of rotatable bonds is 5. The van der Waals surface area contributed by atoms with Crippen molar-refractivity contribution >= 4 is 47.2 Å². The maximum Gasteiger partial charge on any atom is 0.265 e. The number of para-hydroxylation sites is 3. The van der Waals surface area contributed by atoms with Gasteiger partial charge in [-0.3, -0.25) is 9.79 Å². The number of aliphatic imine (C=N–C) groups is 1. The minimum absolute atomic E-state index is 0. The lowest BCUT2D eigenvalue weighted by molar-refractivity contribution is -0.121. The number of nitrogens with one attached hydrogen (secondary N) is 1. The zero-order valence-electron chi connectivity index (χ0n) is 13.7. The zero-order chi connectivity index (χ0) is 16.8. The van der Waals surface area contributed by atoms with E-state index in [1.807, 2.05) is 54.6 Å². The SMILES string of the molecule is I.NC(=NCCCN1C(=O)COc2ccccc21)Nc1ccccc1. The molecule has 0 fully saturated rings. The summed E-state index contributed by atoms with van der Waals surface area (Å²) in [5.41, 5.74) is 7.58. The van der Waals surface area contributed by atoms with Crippen molar-refractivity contribution in [1.82, 2.24) is 0 Å². The van der Waals surface area contributed by atoms with Crippen LogP contribution in [0.15, 0.2) is 59.6 Å². The topological polar surface area (TPSA) is 80.0 Å². The van der Waals surface area contributed by atoms with Gasteiger partial charge in [-0.05, 0) is 30.7 Å². The third-order valence-corrected chi connectivity index (χ3v) is 3.68. The van der Waals surface area contributed by atoms with Crippen LogP contribution >= 0.6 is 24.0 Å². The number of nitrogens with zero attached hydrogens (tertiary/aromatic N) is 2. The van der Waals surface area contributed by atoms with E-state index in [-0.39, 0.29) is 36.5 Å². The number of hydrogen-bond acceptors (Lipinski definition) is 3. The highest BCUT2D eigenvalue weighted by atomic mass is 127. The summed E-state index contributed by atoms with van der Waals surface area (Å²) in [5.74, 6) is 1.08. The molecule has 1 heterocycles. The number of anilines is 2. The molecule has 0 radical (unpaired) electrons. The lowest BCUT2D eigenvalue weighted by Crippen LogP contribution is -2.39. The first kappa shape index (κ1) is 19.0. The van der Waals surface area contributed by atoms with E-state index in [4.69, 9.17) is 10.5 Å². The van der Waals surface area contributed by atoms with Crippen LogP contribution in [0.25, 0.3) is 0 Å². The van der Waals surface area contributed by atoms with Crippen LogP contribution in [0.2, 0.25) is 0 Å². The number of ether oxygens (including phenoxy) is 1. The van der Waals surface area contributed by atoms with Crippen molar-refractivity contribution in [3.05, 3.63) is 54.6 Å². The predicted molar refractivity (Wildman–Crippen MR) is 111 cm³/mol. The molecule has 2 aromatic rings. The van der Waals surface area contributed by atoms with E-state index < -0.39 is 0 Å². The molecule has 0 saturated carbocycles. The highest BCUT2D eigenvalue weighted by Gasteiger charge is 2.24. The molecule has 0 aromatic heterocycles. The highest BCUT2D eigenvalue weighted by molar-refractivity contribution is 14.0. The molecule has 6 nitrogen and oxygen atoms in total. The Hall–Kier alpha value is -2.29. The number of nitrogens with two attached hydrogens (primary N) is 1. The molecular formula is C18H21IN4O2. The first-order valence-electron chi connectivity index (χ1n) is 7.88. The molecule has 0 spiro atoms. The van der Waals surface area contributed by atoms with Crippen molar-refractivity contribution in [2.24, 2.45) is 10.7 Å². The molecule has 0 atom stereocenters. The summed E-state index contributed by atoms with van der Waals surface area (Å²) >= 11 is 0. The fraction of sp³-hybridized carbons (Fsp3) is 0.222. The van der Waals surface area contributed by atoms with Crippen LogP contribution < -0.4 is 20.7 Å². The predicted octanol–water partition coefficient (Wildman–Crippen LogP) is 2.85. The molecule has 1 aliphatic heterocycles. The van der Waals surface area contributed by atoms with Gasteiger partial charge in [0, 0.05) is 18.8 Å². The Bertz CT molecular complexity index is 737. The lowest BCUT2D eigenvalue weighted by Gasteiger charge is -2.29. The minimum atomic E-state index is -0.0342. The van der Waals surface area contributed by atoms with Gasteiger partial charge < -0.3 is 20.7 Å². The number of carbonyl (C=O) groups is 1. The zero-order valence-corrected chi connectivity index (χ0v) is 16.1. The van der Waals surface area contributed by atoms with Gasteiger partial charge >= 0.3 is 0 Å². The number of fused-ring (bicyclic) bond motifs is 1. The van der Waals surface area contributed by atoms with Crippen LogP contribution in [-0.2, 0) is 4.79 Å². The number of amides is 1. The summed E-state index contributed by atoms with van der Waals surface area (Å²) in [6.45, 7) is 1.21. The van der Waals surface area contributed by atoms with Gasteiger partial charge in [0.05, 0.1) is 5.69 Å². The van der Waals surface area contributed by atoms with E-state index in [0.29, 0.717) is 19.0 Å². The van der Waals surface area contributed by atoms with Gasteiger partial charge in [-0.2, -0.15) is 0 Å². The molecule has 0 saturated heterocycles. The normalized spacial score (nSPS) is 13.5. The average molecular weight is 452 g/mol. The second kappa shape index (κ2) is 9.26. The van der Waals surface area contributed by atoms with Crippen LogP contribution in [0.5, 0.6) is 5.75 Å². The molecule has 3 rings (SSSR count). The largest absolute Gasteiger partial charge is 0.482 e. The van der Waals surface area contributed by atoms with Crippen molar-refractivity contribution in [3.8, 4) is 5.75 Å². The van der Waals surface area contributed by atoms with Gasteiger partial charge in [-0.15, -0.1) is 24.0 Å². The van der Waals surface area contributed by atoms with E-state index in [2.05, 4.69) is 10.3 Å². The lowest BCUT2D eigenvalue weighted by atomic mass is 10.2. The Kier molecular flexibility index (Phi) is 7.05. The Morgan fingerprint density at radius 1 is 1.16 bits per heavy atom. The van der Waals surface area contributed by atoms with Crippen LogP contribution in [0.3, 0.4) is 0 Å². The van der Waals surface area contributed by atoms with E-state index in [9.17, 15) is 4.79 Å². The quantitative estimate of drug-likeness (QED) is 0.317. The maximum atomic E-state index is 12.1. The van der Waals surface area contributed by atoms with Crippen LogP contribution in [0.4, 0.5) is 11.4 Å². The molecule has 2 aromatic carbocycles. The van der Waals surface area contributed by atoms with Gasteiger partial charge in [0.25, 0.3) is 5.91 Å². The van der Waals surface area contributed by atoms with Gasteiger partial charge in [-0.25, -0.2) is 0 Å². The molecule has 0 bridgehead atoms. The molecule has 0 unspecified atom stereocenters. The van der Waals surface area contributed by atoms with Gasteiger partial charge in [0.1, 0.15) is 5.75 Å². The van der Waals surface area contributed by atoms with Crippen LogP contribution in [-0.4, -0.2) is 31.6 Å². The van der Waals surface area contributed by atoms with E-state index in [1.54, 1.807) is 4.90 Å². The van der Waals surface area contributed by atoms with Crippen molar-refractivity contribution in [1.29, 1.82) is 0 Å². The van der Waals surface area contributed by atoms with Gasteiger partial charge in [-0.1, -0.05) is 30.3 Å². The monoisotopic (exact) mass is 452 g/mol. The fourth-order valence-electron chi connectivity index (χ4n) is 2.54. The number of hydrogen-bond donors (Lipinski definition) is 2. The van der Waals surface area contributed by atoms with Crippen molar-refractivity contribution in [2.45, 2.75) is 6.42 Å². The minimum Gasteiger partial charge on any atom is -0.482 e. The number of benzene rings is 2. The van der Waals surface area contributed by atoms with Gasteiger partial charge in [0.15, 0.2) is 12.6 Å². The summed E-state index contributed by atoms with van der Waals surface area (Å²) in [6.07, 6.45) is 0.719. The number of guanidine groups is 1. The molecule has 1 amide bonds. The molecule has 1 aliphatic rings. The third kappa shape index (κ3) is 5.09. The molecule has 7 heteroatoms. The highest BCUT2D eigenvalue weighted by Crippen LogP contribution is 2.31. The average Bonchev–Trinajstić information content (AvgIpc) is 2.61. The second-order valence-electron chi connectivity index (χ2n) is 5.41. The Balaban J connectivity index is 0.00000225.